The van der Waals surface area contributed by atoms with Gasteiger partial charge in [0.2, 0.25) is 5.91 Å². The van der Waals surface area contributed by atoms with Crippen LogP contribution in [0.4, 0.5) is 0 Å². The van der Waals surface area contributed by atoms with Crippen molar-refractivity contribution in [3.05, 3.63) is 97.2 Å². The minimum absolute atomic E-state index is 0.0888. The molecule has 0 aliphatic carbocycles. The van der Waals surface area contributed by atoms with E-state index in [0.29, 0.717) is 12.8 Å². The highest BCUT2D eigenvalue weighted by atomic mass is 16.7. The summed E-state index contributed by atoms with van der Waals surface area (Å²) in [5, 5.41) is 56.6. The molecular weight excluding hydrogens is 871 g/mol. The Bertz CT molecular complexity index is 1480. The molecule has 6 N–H and O–H groups in total. The van der Waals surface area contributed by atoms with Crippen LogP contribution in [0.15, 0.2) is 97.2 Å². The zero-order chi connectivity index (χ0) is 50.4. The molecule has 1 heterocycles. The molecule has 11 nitrogen and oxygen atoms in total. The molecule has 0 radical (unpaired) electrons. The van der Waals surface area contributed by atoms with E-state index in [1.165, 1.54) is 57.8 Å². The third kappa shape index (κ3) is 34.5. The fraction of sp³-hybridized carbons (Fsp3) is 0.690. The highest BCUT2D eigenvalue weighted by Crippen LogP contribution is 2.26. The second-order valence-corrected chi connectivity index (χ2v) is 18.3. The molecule has 0 bridgehead atoms. The van der Waals surface area contributed by atoms with Gasteiger partial charge < -0.3 is 45.1 Å². The second-order valence-electron chi connectivity index (χ2n) is 18.3. The number of unbranched alkanes of at least 4 members (excludes halogenated alkanes) is 17. The van der Waals surface area contributed by atoms with Crippen LogP contribution in [0.3, 0.4) is 0 Å². The van der Waals surface area contributed by atoms with Crippen LogP contribution in [0, 0.1) is 0 Å². The van der Waals surface area contributed by atoms with Gasteiger partial charge in [0.15, 0.2) is 12.4 Å². The van der Waals surface area contributed by atoms with Crippen LogP contribution in [0.1, 0.15) is 194 Å². The number of allylic oxidation sites excluding steroid dienone is 15. The Balaban J connectivity index is 2.82. The third-order valence-corrected chi connectivity index (χ3v) is 12.0. The van der Waals surface area contributed by atoms with Crippen LogP contribution >= 0.6 is 0 Å². The van der Waals surface area contributed by atoms with Gasteiger partial charge in [0, 0.05) is 6.42 Å². The molecule has 394 valence electrons. The van der Waals surface area contributed by atoms with Crippen LogP contribution in [-0.4, -0.2) is 99.6 Å². The van der Waals surface area contributed by atoms with Gasteiger partial charge in [0.05, 0.1) is 25.4 Å². The number of rotatable bonds is 43. The first-order valence-electron chi connectivity index (χ1n) is 27.0. The molecule has 1 fully saturated rings. The second kappa shape index (κ2) is 45.7. The lowest BCUT2D eigenvalue weighted by Gasteiger charge is -2.41. The smallest absolute Gasteiger partial charge is 0.306 e. The van der Waals surface area contributed by atoms with E-state index < -0.39 is 67.4 Å². The minimum Gasteiger partial charge on any atom is -0.454 e. The summed E-state index contributed by atoms with van der Waals surface area (Å²) in [4.78, 5) is 26.3. The third-order valence-electron chi connectivity index (χ3n) is 12.0. The summed E-state index contributed by atoms with van der Waals surface area (Å²) >= 11 is 0. The number of esters is 1. The first-order valence-corrected chi connectivity index (χ1v) is 27.0. The average molecular weight is 968 g/mol. The highest BCUT2D eigenvalue weighted by Gasteiger charge is 2.47. The molecule has 1 aliphatic rings. The van der Waals surface area contributed by atoms with Gasteiger partial charge in [-0.15, -0.1) is 0 Å². The Morgan fingerprint density at radius 1 is 0.594 bits per heavy atom. The monoisotopic (exact) mass is 968 g/mol. The number of hydrogen-bond acceptors (Lipinski definition) is 10. The van der Waals surface area contributed by atoms with Crippen LogP contribution in [0.25, 0.3) is 0 Å². The zero-order valence-electron chi connectivity index (χ0n) is 43.1. The molecule has 8 unspecified atom stereocenters. The average Bonchev–Trinajstić information content (AvgIpc) is 3.34. The van der Waals surface area contributed by atoms with Crippen LogP contribution in [0.5, 0.6) is 0 Å². The van der Waals surface area contributed by atoms with Crippen LogP contribution in [-0.2, 0) is 23.8 Å². The van der Waals surface area contributed by atoms with E-state index in [2.05, 4.69) is 74.7 Å². The molecule has 1 amide bonds. The molecule has 1 saturated heterocycles. The van der Waals surface area contributed by atoms with E-state index in [0.717, 1.165) is 89.9 Å². The summed E-state index contributed by atoms with van der Waals surface area (Å²) in [6, 6.07) is -1.06. The Labute approximate surface area is 418 Å². The van der Waals surface area contributed by atoms with Crippen molar-refractivity contribution < 1.29 is 49.3 Å². The molecule has 0 spiro atoms. The van der Waals surface area contributed by atoms with Gasteiger partial charge in [0.1, 0.15) is 24.4 Å². The van der Waals surface area contributed by atoms with E-state index in [1.54, 1.807) is 6.08 Å². The Morgan fingerprint density at radius 3 is 1.71 bits per heavy atom. The molecule has 11 heteroatoms. The lowest BCUT2D eigenvalue weighted by atomic mass is 9.99. The Morgan fingerprint density at radius 2 is 1.10 bits per heavy atom. The van der Waals surface area contributed by atoms with Crippen molar-refractivity contribution in [3.8, 4) is 0 Å². The predicted octanol–water partition coefficient (Wildman–Crippen LogP) is 11.6. The maximum Gasteiger partial charge on any atom is 0.306 e. The van der Waals surface area contributed by atoms with E-state index in [-0.39, 0.29) is 19.4 Å². The Hall–Kier alpha value is -3.42. The van der Waals surface area contributed by atoms with Crippen LogP contribution < -0.4 is 5.32 Å². The summed E-state index contributed by atoms with van der Waals surface area (Å²) in [5.74, 6) is -1.29. The maximum atomic E-state index is 13.3. The summed E-state index contributed by atoms with van der Waals surface area (Å²) in [5.41, 5.74) is 0. The largest absolute Gasteiger partial charge is 0.454 e. The predicted molar refractivity (Wildman–Crippen MR) is 282 cm³/mol. The number of ether oxygens (including phenoxy) is 3. The van der Waals surface area contributed by atoms with Crippen molar-refractivity contribution in [2.45, 2.75) is 243 Å². The SMILES string of the molecule is CC/C=C/C=C/C=C\CCCCCCCC(=O)OC1C(OCC(NC(=O)C(O)CC/C=C\C/C=C\C/C=C\C/C=C\CCCCC)C(O)/C=C/CCCCCCCCCCC)OC(CO)C(O)C1O. The lowest BCUT2D eigenvalue weighted by molar-refractivity contribution is -0.305. The van der Waals surface area contributed by atoms with Crippen molar-refractivity contribution in [2.24, 2.45) is 0 Å². The van der Waals surface area contributed by atoms with E-state index in [1.807, 2.05) is 42.5 Å². The standard InChI is InChI=1S/C58H97NO10/c1-4-7-10-13-16-19-22-24-25-26-28-30-33-36-39-42-45-51(62)57(66)59-49(50(61)44-41-38-35-32-29-21-18-15-12-9-6-3)48-67-58-56(55(65)54(64)52(47-60)68-58)69-53(63)46-43-40-37-34-31-27-23-20-17-14-11-8-5-2/h8,11,14,16-17,19-20,23-25,28,30,36,39,41,44,49-52,54-56,58,60-62,64-65H,4-7,9-10,12-13,15,18,21-22,26-27,29,31-35,37-38,40,42-43,45-48H2,1-3H3,(H,59,66)/b11-8+,17-14+,19-16-,23-20-,25-24-,30-28-,39-36-,44-41+. The highest BCUT2D eigenvalue weighted by molar-refractivity contribution is 5.80. The maximum absolute atomic E-state index is 13.3. The summed E-state index contributed by atoms with van der Waals surface area (Å²) in [6.07, 6.45) is 48.9. The Kier molecular flexibility index (Phi) is 42.1. The molecule has 0 aromatic carbocycles. The molecule has 69 heavy (non-hydrogen) atoms. The fourth-order valence-corrected chi connectivity index (χ4v) is 7.70. The van der Waals surface area contributed by atoms with Gasteiger partial charge in [-0.05, 0) is 83.5 Å². The molecular formula is C58H97NO10. The van der Waals surface area contributed by atoms with Crippen molar-refractivity contribution in [3.63, 3.8) is 0 Å². The van der Waals surface area contributed by atoms with Gasteiger partial charge in [-0.1, -0.05) is 201 Å². The van der Waals surface area contributed by atoms with Crippen molar-refractivity contribution in [1.29, 1.82) is 0 Å². The van der Waals surface area contributed by atoms with E-state index in [4.69, 9.17) is 14.2 Å². The fourth-order valence-electron chi connectivity index (χ4n) is 7.70. The first kappa shape index (κ1) is 63.6. The number of nitrogens with one attached hydrogen (secondary N) is 1. The lowest BCUT2D eigenvalue weighted by Crippen LogP contribution is -2.61. The molecule has 0 saturated carbocycles. The summed E-state index contributed by atoms with van der Waals surface area (Å²) in [6.45, 7) is 5.53. The number of aliphatic hydroxyl groups excluding tert-OH is 5. The first-order chi connectivity index (χ1) is 33.7. The zero-order valence-corrected chi connectivity index (χ0v) is 43.1. The number of hydrogen-bond donors (Lipinski definition) is 6. The normalized spacial score (nSPS) is 20.6. The quantitative estimate of drug-likeness (QED) is 0.0149. The van der Waals surface area contributed by atoms with Gasteiger partial charge >= 0.3 is 5.97 Å². The topological polar surface area (TPSA) is 175 Å². The van der Waals surface area contributed by atoms with Crippen molar-refractivity contribution in [1.82, 2.24) is 5.32 Å². The number of amides is 1. The molecule has 1 aliphatic heterocycles. The van der Waals surface area contributed by atoms with Crippen molar-refractivity contribution >= 4 is 11.9 Å². The number of aliphatic hydroxyl groups is 5. The van der Waals surface area contributed by atoms with Crippen LogP contribution in [0.2, 0.25) is 0 Å². The molecule has 0 aromatic heterocycles. The van der Waals surface area contributed by atoms with E-state index >= 15 is 0 Å². The summed E-state index contributed by atoms with van der Waals surface area (Å²) in [7, 11) is 0. The van der Waals surface area contributed by atoms with Gasteiger partial charge in [-0.25, -0.2) is 0 Å². The summed E-state index contributed by atoms with van der Waals surface area (Å²) < 4.78 is 17.5. The van der Waals surface area contributed by atoms with Gasteiger partial charge in [0.25, 0.3) is 0 Å². The molecule has 1 rings (SSSR count). The molecule has 8 atom stereocenters. The van der Waals surface area contributed by atoms with Gasteiger partial charge in [-0.3, -0.25) is 9.59 Å². The molecule has 0 aromatic rings. The minimum atomic E-state index is -1.64. The van der Waals surface area contributed by atoms with Gasteiger partial charge in [-0.2, -0.15) is 0 Å². The van der Waals surface area contributed by atoms with E-state index in [9.17, 15) is 35.1 Å². The van der Waals surface area contributed by atoms with Crippen molar-refractivity contribution in [2.75, 3.05) is 13.2 Å². The number of carbonyl (C=O) groups is 2. The number of carbonyl (C=O) groups excluding carboxylic acids is 2.